The molecular weight excluding hydrogens is 310 g/mol. The summed E-state index contributed by atoms with van der Waals surface area (Å²) in [5, 5.41) is 10.7. The van der Waals surface area contributed by atoms with E-state index < -0.39 is 0 Å². The van der Waals surface area contributed by atoms with E-state index in [1.54, 1.807) is 6.07 Å². The first kappa shape index (κ1) is 17.9. The van der Waals surface area contributed by atoms with Crippen molar-refractivity contribution in [1.29, 1.82) is 0 Å². The van der Waals surface area contributed by atoms with Gasteiger partial charge in [0.15, 0.2) is 0 Å². The molecule has 0 saturated carbocycles. The summed E-state index contributed by atoms with van der Waals surface area (Å²) in [4.78, 5) is 24.1. The van der Waals surface area contributed by atoms with Gasteiger partial charge in [-0.2, -0.15) is 0 Å². The Morgan fingerprint density at radius 3 is 2.67 bits per heavy atom. The van der Waals surface area contributed by atoms with Gasteiger partial charge in [-0.05, 0) is 42.8 Å². The lowest BCUT2D eigenvalue weighted by molar-refractivity contribution is -0.120. The molecule has 1 saturated heterocycles. The molecule has 1 aliphatic rings. The van der Waals surface area contributed by atoms with Crippen LogP contribution in [0.4, 0.5) is 0 Å². The Bertz CT molecular complexity index is 459. The molecule has 0 spiro atoms. The summed E-state index contributed by atoms with van der Waals surface area (Å²) < 4.78 is 0. The lowest BCUT2D eigenvalue weighted by Crippen LogP contribution is -2.45. The number of nitrogens with one attached hydrogen (secondary N) is 3. The molecule has 0 aliphatic carbocycles. The zero-order valence-corrected chi connectivity index (χ0v) is 13.7. The number of halogens is 1. The van der Waals surface area contributed by atoms with Crippen molar-refractivity contribution in [3.05, 3.63) is 22.4 Å². The van der Waals surface area contributed by atoms with Gasteiger partial charge in [0.05, 0.1) is 11.4 Å². The molecule has 0 radical (unpaired) electrons. The van der Waals surface area contributed by atoms with Crippen molar-refractivity contribution >= 4 is 35.6 Å². The second kappa shape index (κ2) is 8.36. The third-order valence-corrected chi connectivity index (χ3v) is 4.55. The summed E-state index contributed by atoms with van der Waals surface area (Å²) >= 11 is 1.37. The number of hydrogen-bond donors (Lipinski definition) is 3. The molecule has 2 heterocycles. The molecule has 21 heavy (non-hydrogen) atoms. The van der Waals surface area contributed by atoms with Gasteiger partial charge in [0.2, 0.25) is 5.91 Å². The molecule has 5 nitrogen and oxygen atoms in total. The van der Waals surface area contributed by atoms with E-state index in [1.165, 1.54) is 11.3 Å². The average Bonchev–Trinajstić information content (AvgIpc) is 2.98. The van der Waals surface area contributed by atoms with Crippen LogP contribution in [0.1, 0.15) is 29.4 Å². The second-order valence-electron chi connectivity index (χ2n) is 5.50. The minimum Gasteiger partial charge on any atom is -0.354 e. The summed E-state index contributed by atoms with van der Waals surface area (Å²) in [6.07, 6.45) is 2.13. The topological polar surface area (TPSA) is 70.2 Å². The van der Waals surface area contributed by atoms with E-state index in [4.69, 9.17) is 0 Å². The third-order valence-electron chi connectivity index (χ3n) is 3.68. The van der Waals surface area contributed by atoms with Crippen LogP contribution in [0.2, 0.25) is 0 Å². The van der Waals surface area contributed by atoms with Crippen LogP contribution in [-0.2, 0) is 4.79 Å². The number of carbonyl (C=O) groups excluding carboxylic acids is 2. The first-order chi connectivity index (χ1) is 9.59. The highest BCUT2D eigenvalue weighted by molar-refractivity contribution is 7.12. The van der Waals surface area contributed by atoms with E-state index in [2.05, 4.69) is 22.9 Å². The first-order valence-corrected chi connectivity index (χ1v) is 7.76. The lowest BCUT2D eigenvalue weighted by atomic mass is 9.81. The fourth-order valence-corrected chi connectivity index (χ4v) is 2.88. The minimum atomic E-state index is -0.191. The van der Waals surface area contributed by atoms with E-state index in [1.807, 2.05) is 11.4 Å². The van der Waals surface area contributed by atoms with Gasteiger partial charge in [0.25, 0.3) is 5.91 Å². The number of thiophene rings is 1. The molecule has 0 atom stereocenters. The van der Waals surface area contributed by atoms with Crippen molar-refractivity contribution in [2.24, 2.45) is 5.41 Å². The summed E-state index contributed by atoms with van der Waals surface area (Å²) in [7, 11) is 0. The Labute approximate surface area is 135 Å². The molecule has 2 rings (SSSR count). The van der Waals surface area contributed by atoms with Crippen molar-refractivity contribution in [3.63, 3.8) is 0 Å². The molecule has 1 aromatic heterocycles. The predicted molar refractivity (Wildman–Crippen MR) is 87.1 cm³/mol. The Morgan fingerprint density at radius 2 is 2.05 bits per heavy atom. The van der Waals surface area contributed by atoms with Gasteiger partial charge >= 0.3 is 0 Å². The van der Waals surface area contributed by atoms with Gasteiger partial charge in [-0.15, -0.1) is 23.7 Å². The molecule has 7 heteroatoms. The van der Waals surface area contributed by atoms with Crippen LogP contribution in [0.3, 0.4) is 0 Å². The highest BCUT2D eigenvalue weighted by atomic mass is 35.5. The number of carbonyl (C=O) groups is 2. The maximum Gasteiger partial charge on any atom is 0.261 e. The van der Waals surface area contributed by atoms with Crippen LogP contribution in [0.5, 0.6) is 0 Å². The third kappa shape index (κ3) is 5.65. The summed E-state index contributed by atoms with van der Waals surface area (Å²) in [6, 6.07) is 3.56. The fourth-order valence-electron chi connectivity index (χ4n) is 2.24. The minimum absolute atomic E-state index is 0. The van der Waals surface area contributed by atoms with Crippen molar-refractivity contribution < 1.29 is 9.59 Å². The Kier molecular flexibility index (Phi) is 7.14. The van der Waals surface area contributed by atoms with E-state index in [0.717, 1.165) is 25.9 Å². The number of piperidine rings is 1. The lowest BCUT2D eigenvalue weighted by Gasteiger charge is -2.34. The van der Waals surface area contributed by atoms with Crippen LogP contribution in [0.25, 0.3) is 0 Å². The highest BCUT2D eigenvalue weighted by Crippen LogP contribution is 2.26. The normalized spacial score (nSPS) is 16.6. The first-order valence-electron chi connectivity index (χ1n) is 6.88. The number of rotatable bonds is 5. The molecule has 118 valence electrons. The summed E-state index contributed by atoms with van der Waals surface area (Å²) in [5.41, 5.74) is 0.165. The predicted octanol–water partition coefficient (Wildman–Crippen LogP) is 1.41. The van der Waals surface area contributed by atoms with Crippen molar-refractivity contribution in [1.82, 2.24) is 16.0 Å². The molecular formula is C14H22ClN3O2S. The van der Waals surface area contributed by atoms with Crippen LogP contribution in [0, 0.1) is 5.41 Å². The van der Waals surface area contributed by atoms with Gasteiger partial charge in [0, 0.05) is 6.54 Å². The Hall–Kier alpha value is -1.11. The smallest absolute Gasteiger partial charge is 0.261 e. The van der Waals surface area contributed by atoms with Crippen molar-refractivity contribution in [2.45, 2.75) is 19.8 Å². The van der Waals surface area contributed by atoms with Crippen LogP contribution in [-0.4, -0.2) is 38.0 Å². The molecule has 1 aromatic rings. The average molecular weight is 332 g/mol. The van der Waals surface area contributed by atoms with Gasteiger partial charge in [-0.1, -0.05) is 13.0 Å². The van der Waals surface area contributed by atoms with Crippen molar-refractivity contribution in [3.8, 4) is 0 Å². The van der Waals surface area contributed by atoms with Gasteiger partial charge in [0.1, 0.15) is 0 Å². The van der Waals surface area contributed by atoms with Gasteiger partial charge in [-0.25, -0.2) is 0 Å². The SMILES string of the molecule is CC1(CNC(=O)CNC(=O)c2cccs2)CCNCC1.Cl. The van der Waals surface area contributed by atoms with E-state index in [0.29, 0.717) is 11.4 Å². The van der Waals surface area contributed by atoms with Crippen LogP contribution < -0.4 is 16.0 Å². The molecule has 1 aliphatic heterocycles. The van der Waals surface area contributed by atoms with Crippen molar-refractivity contribution in [2.75, 3.05) is 26.2 Å². The van der Waals surface area contributed by atoms with E-state index >= 15 is 0 Å². The number of amides is 2. The number of hydrogen-bond acceptors (Lipinski definition) is 4. The monoisotopic (exact) mass is 331 g/mol. The van der Waals surface area contributed by atoms with E-state index in [-0.39, 0.29) is 36.2 Å². The molecule has 0 aromatic carbocycles. The Balaban J connectivity index is 0.00000220. The van der Waals surface area contributed by atoms with E-state index in [9.17, 15) is 9.59 Å². The van der Waals surface area contributed by atoms with Crippen LogP contribution in [0.15, 0.2) is 17.5 Å². The quantitative estimate of drug-likeness (QED) is 0.764. The Morgan fingerprint density at radius 1 is 1.33 bits per heavy atom. The van der Waals surface area contributed by atoms with Gasteiger partial charge in [-0.3, -0.25) is 9.59 Å². The molecule has 1 fully saturated rings. The second-order valence-corrected chi connectivity index (χ2v) is 6.45. The molecule has 0 unspecified atom stereocenters. The summed E-state index contributed by atoms with van der Waals surface area (Å²) in [5.74, 6) is -0.321. The largest absolute Gasteiger partial charge is 0.354 e. The fraction of sp³-hybridized carbons (Fsp3) is 0.571. The molecule has 2 amide bonds. The molecule has 3 N–H and O–H groups in total. The highest BCUT2D eigenvalue weighted by Gasteiger charge is 2.26. The van der Waals surface area contributed by atoms with Gasteiger partial charge < -0.3 is 16.0 Å². The molecule has 0 bridgehead atoms. The standard InChI is InChI=1S/C14H21N3O2S.ClH/c1-14(4-6-15-7-5-14)10-17-12(18)9-16-13(19)11-3-2-8-20-11;/h2-3,8,15H,4-7,9-10H2,1H3,(H,16,19)(H,17,18);1H. The summed E-state index contributed by atoms with van der Waals surface area (Å²) in [6.45, 7) is 4.90. The van der Waals surface area contributed by atoms with Crippen LogP contribution >= 0.6 is 23.7 Å². The maximum atomic E-state index is 11.8. The zero-order valence-electron chi connectivity index (χ0n) is 12.1. The zero-order chi connectivity index (χ0) is 14.4. The maximum absolute atomic E-state index is 11.8.